The van der Waals surface area contributed by atoms with Crippen molar-refractivity contribution in [2.75, 3.05) is 0 Å². The van der Waals surface area contributed by atoms with Gasteiger partial charge in [-0.3, -0.25) is 14.3 Å². The third kappa shape index (κ3) is 2.47. The van der Waals surface area contributed by atoms with Crippen LogP contribution in [0.1, 0.15) is 21.5 Å². The second-order valence-electron chi connectivity index (χ2n) is 6.06. The first kappa shape index (κ1) is 15.8. The van der Waals surface area contributed by atoms with Crippen molar-refractivity contribution in [3.63, 3.8) is 0 Å². The lowest BCUT2D eigenvalue weighted by Gasteiger charge is -2.10. The van der Waals surface area contributed by atoms with Crippen LogP contribution in [0.5, 0.6) is 0 Å². The molecule has 0 unspecified atom stereocenters. The second-order valence-corrected chi connectivity index (χ2v) is 6.06. The molecule has 0 N–H and O–H groups in total. The van der Waals surface area contributed by atoms with Crippen LogP contribution in [-0.4, -0.2) is 15.5 Å². The molecule has 2 aromatic heterocycles. The molecule has 4 rings (SSSR count). The number of aryl methyl sites for hydroxylation is 1. The minimum atomic E-state index is -0.127. The van der Waals surface area contributed by atoms with Crippen molar-refractivity contribution in [2.45, 2.75) is 6.92 Å². The molecule has 4 aromatic rings. The number of pyridine rings is 1. The smallest absolute Gasteiger partial charge is 0.262 e. The van der Waals surface area contributed by atoms with Crippen LogP contribution < -0.4 is 0 Å². The Bertz CT molecular complexity index is 1150. The lowest BCUT2D eigenvalue weighted by molar-refractivity contribution is 0.0966. The molecule has 0 radical (unpaired) electrons. The maximum Gasteiger partial charge on any atom is 0.262 e. The van der Waals surface area contributed by atoms with Gasteiger partial charge >= 0.3 is 0 Å². The molecule has 4 heteroatoms. The topological polar surface area (TPSA) is 58.7 Å². The molecule has 2 heterocycles. The maximum atomic E-state index is 13.3. The van der Waals surface area contributed by atoms with Crippen molar-refractivity contribution in [1.82, 2.24) is 9.55 Å². The lowest BCUT2D eigenvalue weighted by atomic mass is 10.1. The monoisotopic (exact) mass is 337 g/mol. The van der Waals surface area contributed by atoms with Crippen molar-refractivity contribution in [3.8, 4) is 17.3 Å². The Labute approximate surface area is 151 Å². The van der Waals surface area contributed by atoms with Gasteiger partial charge in [0.1, 0.15) is 0 Å². The third-order valence-electron chi connectivity index (χ3n) is 4.53. The number of carbonyl (C=O) groups excluding carboxylic acids is 1. The predicted molar refractivity (Wildman–Crippen MR) is 101 cm³/mol. The molecule has 0 aliphatic heterocycles. The number of hydrogen-bond acceptors (Lipinski definition) is 3. The van der Waals surface area contributed by atoms with E-state index < -0.39 is 0 Å². The first-order chi connectivity index (χ1) is 12.7. The van der Waals surface area contributed by atoms with E-state index in [9.17, 15) is 4.79 Å². The summed E-state index contributed by atoms with van der Waals surface area (Å²) in [5, 5.41) is 10.0. The highest BCUT2D eigenvalue weighted by molar-refractivity contribution is 6.07. The Hall–Kier alpha value is -3.71. The molecular formula is C22H15N3O. The molecule has 26 heavy (non-hydrogen) atoms. The van der Waals surface area contributed by atoms with E-state index in [4.69, 9.17) is 5.26 Å². The summed E-state index contributed by atoms with van der Waals surface area (Å²) in [4.78, 5) is 17.5. The van der Waals surface area contributed by atoms with Crippen LogP contribution in [0.15, 0.2) is 73.1 Å². The minimum Gasteiger partial charge on any atom is -0.275 e. The van der Waals surface area contributed by atoms with E-state index in [1.807, 2.05) is 43.3 Å². The van der Waals surface area contributed by atoms with Gasteiger partial charge < -0.3 is 0 Å². The first-order valence-electron chi connectivity index (χ1n) is 8.26. The number of nitrogens with zero attached hydrogens (tertiary/aromatic N) is 3. The Balaban J connectivity index is 1.99. The van der Waals surface area contributed by atoms with Crippen molar-refractivity contribution < 1.29 is 4.79 Å². The zero-order chi connectivity index (χ0) is 18.1. The van der Waals surface area contributed by atoms with Gasteiger partial charge in [0.25, 0.3) is 5.91 Å². The summed E-state index contributed by atoms with van der Waals surface area (Å²) in [6.07, 6.45) is 3.48. The van der Waals surface area contributed by atoms with Gasteiger partial charge in [-0.15, -0.1) is 0 Å². The van der Waals surface area contributed by atoms with E-state index in [-0.39, 0.29) is 5.91 Å². The van der Waals surface area contributed by atoms with E-state index >= 15 is 0 Å². The maximum absolute atomic E-state index is 13.3. The normalized spacial score (nSPS) is 10.6. The van der Waals surface area contributed by atoms with Gasteiger partial charge in [0.05, 0.1) is 22.8 Å². The van der Waals surface area contributed by atoms with Gasteiger partial charge in [0, 0.05) is 28.9 Å². The van der Waals surface area contributed by atoms with Gasteiger partial charge in [-0.25, -0.2) is 0 Å². The fourth-order valence-corrected chi connectivity index (χ4v) is 3.28. The second kappa shape index (κ2) is 6.30. The molecule has 0 amide bonds. The number of carbonyl (C=O) groups is 1. The predicted octanol–water partition coefficient (Wildman–Crippen LogP) is 4.57. The minimum absolute atomic E-state index is 0.127. The van der Waals surface area contributed by atoms with Gasteiger partial charge in [-0.2, -0.15) is 5.26 Å². The summed E-state index contributed by atoms with van der Waals surface area (Å²) >= 11 is 0. The average Bonchev–Trinajstić information content (AvgIpc) is 3.01. The van der Waals surface area contributed by atoms with E-state index in [1.165, 1.54) is 0 Å². The van der Waals surface area contributed by atoms with Gasteiger partial charge in [-0.1, -0.05) is 18.2 Å². The van der Waals surface area contributed by atoms with Crippen LogP contribution in [-0.2, 0) is 0 Å². The zero-order valence-electron chi connectivity index (χ0n) is 14.2. The van der Waals surface area contributed by atoms with Crippen molar-refractivity contribution in [2.24, 2.45) is 0 Å². The van der Waals surface area contributed by atoms with Crippen LogP contribution in [0.25, 0.3) is 22.2 Å². The summed E-state index contributed by atoms with van der Waals surface area (Å²) in [5.74, 6) is -0.127. The SMILES string of the molecule is Cc1c(-c2cccnc2)n(C(=O)c2ccc(C#N)cc2)c2ccccc12. The molecule has 0 fully saturated rings. The number of aromatic nitrogens is 2. The first-order valence-corrected chi connectivity index (χ1v) is 8.26. The van der Waals surface area contributed by atoms with Crippen LogP contribution in [0, 0.1) is 18.3 Å². The fourth-order valence-electron chi connectivity index (χ4n) is 3.28. The van der Waals surface area contributed by atoms with Crippen molar-refractivity contribution >= 4 is 16.8 Å². The fraction of sp³-hybridized carbons (Fsp3) is 0.0455. The molecular weight excluding hydrogens is 322 g/mol. The van der Waals surface area contributed by atoms with E-state index in [0.717, 1.165) is 27.7 Å². The molecule has 0 atom stereocenters. The Morgan fingerprint density at radius 3 is 2.50 bits per heavy atom. The van der Waals surface area contributed by atoms with Gasteiger partial charge in [0.2, 0.25) is 0 Å². The molecule has 2 aromatic carbocycles. The molecule has 0 saturated heterocycles. The number of hydrogen-bond donors (Lipinski definition) is 0. The molecule has 0 bridgehead atoms. The summed E-state index contributed by atoms with van der Waals surface area (Å²) in [6, 6.07) is 20.5. The van der Waals surface area contributed by atoms with Crippen molar-refractivity contribution in [3.05, 3.63) is 89.7 Å². The molecule has 0 aliphatic rings. The summed E-state index contributed by atoms with van der Waals surface area (Å²) < 4.78 is 1.74. The number of fused-ring (bicyclic) bond motifs is 1. The van der Waals surface area contributed by atoms with Crippen LogP contribution in [0.2, 0.25) is 0 Å². The molecule has 0 saturated carbocycles. The molecule has 4 nitrogen and oxygen atoms in total. The highest BCUT2D eigenvalue weighted by Gasteiger charge is 2.21. The van der Waals surface area contributed by atoms with E-state index in [0.29, 0.717) is 11.1 Å². The standard InChI is InChI=1S/C22H15N3O/c1-15-19-6-2-3-7-20(19)25(21(15)18-5-4-12-24-14-18)22(26)17-10-8-16(13-23)9-11-17/h2-12,14H,1H3. The Morgan fingerprint density at radius 2 is 1.81 bits per heavy atom. The quantitative estimate of drug-likeness (QED) is 0.538. The van der Waals surface area contributed by atoms with Crippen LogP contribution in [0.4, 0.5) is 0 Å². The number of benzene rings is 2. The van der Waals surface area contributed by atoms with Gasteiger partial charge in [-0.05, 0) is 55.0 Å². The average molecular weight is 337 g/mol. The Kier molecular flexibility index (Phi) is 3.83. The van der Waals surface area contributed by atoms with Gasteiger partial charge in [0.15, 0.2) is 0 Å². The van der Waals surface area contributed by atoms with Crippen LogP contribution >= 0.6 is 0 Å². The van der Waals surface area contributed by atoms with Crippen LogP contribution in [0.3, 0.4) is 0 Å². The largest absolute Gasteiger partial charge is 0.275 e. The number of para-hydroxylation sites is 1. The highest BCUT2D eigenvalue weighted by atomic mass is 16.2. The Morgan fingerprint density at radius 1 is 1.04 bits per heavy atom. The lowest BCUT2D eigenvalue weighted by Crippen LogP contribution is -2.13. The van der Waals surface area contributed by atoms with E-state index in [2.05, 4.69) is 11.1 Å². The van der Waals surface area contributed by atoms with E-state index in [1.54, 1.807) is 41.2 Å². The summed E-state index contributed by atoms with van der Waals surface area (Å²) in [5.41, 5.74) is 4.70. The molecule has 124 valence electrons. The highest BCUT2D eigenvalue weighted by Crippen LogP contribution is 2.33. The summed E-state index contributed by atoms with van der Waals surface area (Å²) in [6.45, 7) is 2.02. The number of nitriles is 1. The summed E-state index contributed by atoms with van der Waals surface area (Å²) in [7, 11) is 0. The zero-order valence-corrected chi connectivity index (χ0v) is 14.2. The third-order valence-corrected chi connectivity index (χ3v) is 4.53. The molecule has 0 spiro atoms. The van der Waals surface area contributed by atoms with Crippen molar-refractivity contribution in [1.29, 1.82) is 5.26 Å². The molecule has 0 aliphatic carbocycles. The number of rotatable bonds is 2.